The lowest BCUT2D eigenvalue weighted by atomic mass is 9.88. The number of unbranched alkanes of at least 4 members (excludes halogenated alkanes) is 6. The van der Waals surface area contributed by atoms with Crippen LogP contribution in [0.25, 0.3) is 0 Å². The number of carbonyl (C=O) groups is 1. The van der Waals surface area contributed by atoms with E-state index in [1.54, 1.807) is 6.07 Å². The van der Waals surface area contributed by atoms with Crippen molar-refractivity contribution in [3.8, 4) is 0 Å². The molecule has 2 atom stereocenters. The molecule has 0 saturated carbocycles. The predicted octanol–water partition coefficient (Wildman–Crippen LogP) is 7.02. The Kier molecular flexibility index (Phi) is 8.75. The van der Waals surface area contributed by atoms with Crippen LogP contribution in [-0.4, -0.2) is 54.5 Å². The largest absolute Gasteiger partial charge is 0.343 e. The highest BCUT2D eigenvalue weighted by Crippen LogP contribution is 2.48. The molecule has 2 saturated heterocycles. The lowest BCUT2D eigenvalue weighted by Gasteiger charge is -2.39. The van der Waals surface area contributed by atoms with Crippen molar-refractivity contribution in [2.45, 2.75) is 82.6 Å². The van der Waals surface area contributed by atoms with Crippen LogP contribution in [0.3, 0.4) is 0 Å². The molecule has 37 heavy (non-hydrogen) atoms. The lowest BCUT2D eigenvalue weighted by Crippen LogP contribution is -2.45. The Balaban J connectivity index is 1.04. The number of fused-ring (bicyclic) bond motifs is 3. The molecule has 1 amide bonds. The summed E-state index contributed by atoms with van der Waals surface area (Å²) in [6, 6.07) is 12.1. The summed E-state index contributed by atoms with van der Waals surface area (Å²) in [6.45, 7) is 5.00. The van der Waals surface area contributed by atoms with Crippen molar-refractivity contribution in [3.63, 3.8) is 0 Å². The Morgan fingerprint density at radius 1 is 0.784 bits per heavy atom. The van der Waals surface area contributed by atoms with Crippen LogP contribution in [-0.2, 0) is 4.79 Å². The van der Waals surface area contributed by atoms with Crippen molar-refractivity contribution >= 4 is 17.3 Å². The minimum Gasteiger partial charge on any atom is -0.343 e. The Hall–Kier alpha value is -2.47. The van der Waals surface area contributed by atoms with Gasteiger partial charge >= 0.3 is 0 Å². The zero-order chi connectivity index (χ0) is 25.6. The maximum atomic E-state index is 14.2. The van der Waals surface area contributed by atoms with E-state index in [4.69, 9.17) is 0 Å². The van der Waals surface area contributed by atoms with Crippen molar-refractivity contribution in [2.24, 2.45) is 0 Å². The predicted molar refractivity (Wildman–Crippen MR) is 145 cm³/mol. The van der Waals surface area contributed by atoms with E-state index in [0.29, 0.717) is 11.9 Å². The van der Waals surface area contributed by atoms with E-state index < -0.39 is 0 Å². The molecule has 2 aromatic rings. The zero-order valence-electron chi connectivity index (χ0n) is 22.0. The van der Waals surface area contributed by atoms with Crippen LogP contribution in [0, 0.1) is 11.6 Å². The van der Waals surface area contributed by atoms with Gasteiger partial charge in [0.15, 0.2) is 0 Å². The fraction of sp³-hybridized carbons (Fsp3) is 0.581. The molecule has 0 spiro atoms. The van der Waals surface area contributed by atoms with Gasteiger partial charge in [-0.15, -0.1) is 0 Å². The van der Waals surface area contributed by atoms with Crippen molar-refractivity contribution in [1.82, 2.24) is 9.80 Å². The topological polar surface area (TPSA) is 26.8 Å². The molecular formula is C31H41F2N3O. The van der Waals surface area contributed by atoms with Crippen LogP contribution in [0.5, 0.6) is 0 Å². The number of likely N-dealkylation sites (tertiary alicyclic amines) is 2. The quantitative estimate of drug-likeness (QED) is 0.305. The first-order chi connectivity index (χ1) is 18.1. The summed E-state index contributed by atoms with van der Waals surface area (Å²) in [5, 5.41) is 0. The van der Waals surface area contributed by atoms with Gasteiger partial charge in [-0.25, -0.2) is 8.78 Å². The van der Waals surface area contributed by atoms with E-state index in [1.807, 2.05) is 18.2 Å². The molecule has 2 fully saturated rings. The highest BCUT2D eigenvalue weighted by molar-refractivity contribution is 5.76. The third-order valence-corrected chi connectivity index (χ3v) is 8.57. The third kappa shape index (κ3) is 6.34. The molecule has 0 N–H and O–H groups in total. The number of nitrogens with zero attached hydrogens (tertiary/aromatic N) is 3. The van der Waals surface area contributed by atoms with Gasteiger partial charge in [-0.3, -0.25) is 4.79 Å². The second-order valence-electron chi connectivity index (χ2n) is 11.1. The highest BCUT2D eigenvalue weighted by atomic mass is 19.1. The summed E-state index contributed by atoms with van der Waals surface area (Å²) in [7, 11) is 0. The Morgan fingerprint density at radius 2 is 1.49 bits per heavy atom. The first kappa shape index (κ1) is 26.1. The Morgan fingerprint density at radius 3 is 2.24 bits per heavy atom. The van der Waals surface area contributed by atoms with E-state index in [-0.39, 0.29) is 17.6 Å². The summed E-state index contributed by atoms with van der Waals surface area (Å²) in [6.07, 6.45) is 12.6. The Labute approximate surface area is 220 Å². The minimum atomic E-state index is -0.234. The van der Waals surface area contributed by atoms with Gasteiger partial charge in [-0.05, 0) is 86.7 Å². The van der Waals surface area contributed by atoms with Crippen LogP contribution in [0.2, 0.25) is 0 Å². The molecule has 0 radical (unpaired) electrons. The number of anilines is 2. The molecule has 3 aliphatic rings. The number of amides is 1. The molecular weight excluding hydrogens is 468 g/mol. The molecule has 4 nitrogen and oxygen atoms in total. The number of halogens is 2. The normalized spacial score (nSPS) is 21.8. The minimum absolute atomic E-state index is 0.182. The monoisotopic (exact) mass is 509 g/mol. The molecule has 2 aromatic carbocycles. The third-order valence-electron chi connectivity index (χ3n) is 8.57. The van der Waals surface area contributed by atoms with Gasteiger partial charge in [0.1, 0.15) is 11.6 Å². The number of benzene rings is 2. The molecule has 0 bridgehead atoms. The molecule has 5 rings (SSSR count). The molecule has 0 aliphatic carbocycles. The smallest absolute Gasteiger partial charge is 0.222 e. The van der Waals surface area contributed by atoms with Gasteiger partial charge < -0.3 is 14.7 Å². The van der Waals surface area contributed by atoms with Crippen molar-refractivity contribution in [2.75, 3.05) is 37.6 Å². The van der Waals surface area contributed by atoms with Gasteiger partial charge in [0.25, 0.3) is 0 Å². The number of rotatable bonds is 11. The Bertz CT molecular complexity index is 1040. The summed E-state index contributed by atoms with van der Waals surface area (Å²) in [4.78, 5) is 18.8. The second-order valence-corrected chi connectivity index (χ2v) is 11.1. The summed E-state index contributed by atoms with van der Waals surface area (Å²) in [5.74, 6) is 0.210. The molecule has 6 heteroatoms. The van der Waals surface area contributed by atoms with E-state index in [2.05, 4.69) is 14.7 Å². The van der Waals surface area contributed by atoms with Crippen LogP contribution in [0.4, 0.5) is 20.2 Å². The summed E-state index contributed by atoms with van der Waals surface area (Å²) in [5.41, 5.74) is 3.14. The average molecular weight is 510 g/mol. The molecule has 3 heterocycles. The van der Waals surface area contributed by atoms with Crippen LogP contribution in [0.1, 0.15) is 82.1 Å². The van der Waals surface area contributed by atoms with Gasteiger partial charge in [-0.2, -0.15) is 0 Å². The first-order valence-electron chi connectivity index (χ1n) is 14.4. The van der Waals surface area contributed by atoms with E-state index >= 15 is 0 Å². The van der Waals surface area contributed by atoms with Crippen LogP contribution < -0.4 is 4.90 Å². The second kappa shape index (κ2) is 12.4. The number of carbonyl (C=O) groups excluding carboxylic acids is 1. The van der Waals surface area contributed by atoms with Crippen LogP contribution in [0.15, 0.2) is 42.5 Å². The highest BCUT2D eigenvalue weighted by Gasteiger charge is 2.42. The fourth-order valence-corrected chi connectivity index (χ4v) is 6.60. The molecule has 3 aliphatic heterocycles. The number of hydrogen-bond acceptors (Lipinski definition) is 3. The standard InChI is InChI=1S/C31H41F2N3O/c32-24-11-14-26(15-12-24)36-29-16-13-25(33)22-27(29)28-23-34(21-17-30(28)36)18-7-4-2-1-3-5-8-19-35-20-9-6-10-31(35)37/h11-16,22,28,30H,1-10,17-21,23H2. The van der Waals surface area contributed by atoms with Gasteiger partial charge in [0, 0.05) is 55.9 Å². The number of piperidine rings is 2. The maximum absolute atomic E-state index is 14.2. The summed E-state index contributed by atoms with van der Waals surface area (Å²) < 4.78 is 27.8. The van der Waals surface area contributed by atoms with E-state index in [0.717, 1.165) is 75.3 Å². The fourth-order valence-electron chi connectivity index (χ4n) is 6.60. The molecule has 0 aromatic heterocycles. The van der Waals surface area contributed by atoms with Crippen molar-refractivity contribution in [3.05, 3.63) is 59.7 Å². The molecule has 200 valence electrons. The van der Waals surface area contributed by atoms with E-state index in [9.17, 15) is 13.6 Å². The first-order valence-corrected chi connectivity index (χ1v) is 14.4. The van der Waals surface area contributed by atoms with Gasteiger partial charge in [0.05, 0.1) is 0 Å². The van der Waals surface area contributed by atoms with E-state index in [1.165, 1.54) is 63.1 Å². The van der Waals surface area contributed by atoms with Gasteiger partial charge in [0.2, 0.25) is 5.91 Å². The number of hydrogen-bond donors (Lipinski definition) is 0. The van der Waals surface area contributed by atoms with Crippen molar-refractivity contribution < 1.29 is 13.6 Å². The summed E-state index contributed by atoms with van der Waals surface area (Å²) >= 11 is 0. The van der Waals surface area contributed by atoms with Crippen molar-refractivity contribution in [1.29, 1.82) is 0 Å². The lowest BCUT2D eigenvalue weighted by molar-refractivity contribution is -0.133. The van der Waals surface area contributed by atoms with Gasteiger partial charge in [-0.1, -0.05) is 32.1 Å². The zero-order valence-corrected chi connectivity index (χ0v) is 22.0. The molecule has 2 unspecified atom stereocenters. The SMILES string of the molecule is O=C1CCCCN1CCCCCCCCCN1CCC2C(C1)c1cc(F)ccc1N2c1ccc(F)cc1. The average Bonchev–Trinajstić information content (AvgIpc) is 3.22. The van der Waals surface area contributed by atoms with Crippen LogP contribution >= 0.6 is 0 Å². The maximum Gasteiger partial charge on any atom is 0.222 e.